The smallest absolute Gasteiger partial charge is 0.312 e. The van der Waals surface area contributed by atoms with Crippen molar-refractivity contribution in [2.45, 2.75) is 77.2 Å². The van der Waals surface area contributed by atoms with Crippen molar-refractivity contribution in [3.8, 4) is 5.75 Å². The first kappa shape index (κ1) is 20.2. The summed E-state index contributed by atoms with van der Waals surface area (Å²) < 4.78 is 11.1. The van der Waals surface area contributed by atoms with E-state index in [0.29, 0.717) is 19.1 Å². The summed E-state index contributed by atoms with van der Waals surface area (Å²) in [4.78, 5) is 12.0. The molecule has 27 heavy (non-hydrogen) atoms. The van der Waals surface area contributed by atoms with Gasteiger partial charge in [0.1, 0.15) is 5.75 Å². The van der Waals surface area contributed by atoms with Crippen molar-refractivity contribution in [3.05, 3.63) is 29.8 Å². The minimum absolute atomic E-state index is 0.0602. The molecule has 0 amide bonds. The molecule has 0 bridgehead atoms. The van der Waals surface area contributed by atoms with Gasteiger partial charge in [-0.25, -0.2) is 0 Å². The van der Waals surface area contributed by atoms with Crippen LogP contribution < -0.4 is 10.5 Å². The second kappa shape index (κ2) is 8.22. The second-order valence-corrected chi connectivity index (χ2v) is 8.87. The quantitative estimate of drug-likeness (QED) is 0.609. The van der Waals surface area contributed by atoms with Crippen LogP contribution in [-0.2, 0) is 14.9 Å². The highest BCUT2D eigenvalue weighted by molar-refractivity contribution is 5.79. The van der Waals surface area contributed by atoms with Gasteiger partial charge in [-0.15, -0.1) is 0 Å². The summed E-state index contributed by atoms with van der Waals surface area (Å²) in [6.07, 6.45) is 7.27. The fourth-order valence-corrected chi connectivity index (χ4v) is 4.40. The molecule has 0 aliphatic heterocycles. The lowest BCUT2D eigenvalue weighted by Gasteiger charge is -2.47. The number of nitrogens with two attached hydrogens (primary N) is 1. The highest BCUT2D eigenvalue weighted by Crippen LogP contribution is 2.50. The minimum Gasteiger partial charge on any atom is -0.494 e. The Kier molecular flexibility index (Phi) is 6.15. The van der Waals surface area contributed by atoms with Crippen molar-refractivity contribution < 1.29 is 14.3 Å². The van der Waals surface area contributed by atoms with Gasteiger partial charge >= 0.3 is 5.97 Å². The van der Waals surface area contributed by atoms with Crippen LogP contribution in [0.4, 0.5) is 0 Å². The first-order chi connectivity index (χ1) is 12.9. The van der Waals surface area contributed by atoms with Gasteiger partial charge in [-0.05, 0) is 69.1 Å². The zero-order valence-electron chi connectivity index (χ0n) is 17.1. The second-order valence-electron chi connectivity index (χ2n) is 8.87. The van der Waals surface area contributed by atoms with Gasteiger partial charge in [0.2, 0.25) is 0 Å². The van der Waals surface area contributed by atoms with E-state index in [1.165, 1.54) is 24.8 Å². The molecule has 2 N–H and O–H groups in total. The summed E-state index contributed by atoms with van der Waals surface area (Å²) >= 11 is 0. The predicted octanol–water partition coefficient (Wildman–Crippen LogP) is 4.59. The molecule has 0 spiro atoms. The highest BCUT2D eigenvalue weighted by Gasteiger charge is 2.50. The fourth-order valence-electron chi connectivity index (χ4n) is 4.40. The molecular formula is C23H35NO3. The van der Waals surface area contributed by atoms with E-state index >= 15 is 0 Å². The van der Waals surface area contributed by atoms with E-state index in [4.69, 9.17) is 15.2 Å². The molecular weight excluding hydrogens is 338 g/mol. The molecule has 2 saturated carbocycles. The van der Waals surface area contributed by atoms with Crippen LogP contribution in [0.3, 0.4) is 0 Å². The van der Waals surface area contributed by atoms with Crippen LogP contribution in [-0.4, -0.2) is 25.2 Å². The minimum atomic E-state index is -0.282. The summed E-state index contributed by atoms with van der Waals surface area (Å²) in [6, 6.07) is 8.71. The lowest BCUT2D eigenvalue weighted by molar-refractivity contribution is -0.150. The number of esters is 1. The Bertz CT molecular complexity index is 630. The molecule has 2 aliphatic carbocycles. The first-order valence-corrected chi connectivity index (χ1v) is 10.6. The van der Waals surface area contributed by atoms with E-state index in [1.54, 1.807) is 0 Å². The Morgan fingerprint density at radius 2 is 1.81 bits per heavy atom. The zero-order valence-corrected chi connectivity index (χ0v) is 17.1. The van der Waals surface area contributed by atoms with Gasteiger partial charge in [0.15, 0.2) is 0 Å². The standard InChI is InChI=1S/C23H35NO3/c1-4-26-21(25)22(12-13-22)14-15-27-19-8-6-18(7-9-19)23(10-5-11-23)20(24)16-17(2)3/h6-9,17,20H,4-5,10-16,24H2,1-3H3. The van der Waals surface area contributed by atoms with Gasteiger partial charge in [-0.2, -0.15) is 0 Å². The summed E-state index contributed by atoms with van der Waals surface area (Å²) in [6.45, 7) is 7.34. The molecule has 0 radical (unpaired) electrons. The molecule has 150 valence electrons. The Balaban J connectivity index is 1.55. The van der Waals surface area contributed by atoms with Crippen molar-refractivity contribution in [1.82, 2.24) is 0 Å². The maximum Gasteiger partial charge on any atom is 0.312 e. The molecule has 4 heteroatoms. The van der Waals surface area contributed by atoms with Gasteiger partial charge in [0.05, 0.1) is 18.6 Å². The third-order valence-electron chi connectivity index (χ3n) is 6.52. The first-order valence-electron chi connectivity index (χ1n) is 10.6. The predicted molar refractivity (Wildman–Crippen MR) is 108 cm³/mol. The third-order valence-corrected chi connectivity index (χ3v) is 6.52. The largest absolute Gasteiger partial charge is 0.494 e. The maximum atomic E-state index is 12.0. The molecule has 1 atom stereocenters. The Labute approximate surface area is 163 Å². The average molecular weight is 374 g/mol. The fraction of sp³-hybridized carbons (Fsp3) is 0.696. The van der Waals surface area contributed by atoms with Gasteiger partial charge < -0.3 is 15.2 Å². The topological polar surface area (TPSA) is 61.5 Å². The summed E-state index contributed by atoms with van der Waals surface area (Å²) in [5, 5.41) is 0. The van der Waals surface area contributed by atoms with Crippen LogP contribution in [0.1, 0.15) is 71.3 Å². The van der Waals surface area contributed by atoms with Gasteiger partial charge in [0, 0.05) is 11.5 Å². The Morgan fingerprint density at radius 1 is 1.15 bits per heavy atom. The molecule has 3 rings (SSSR count). The molecule has 1 aromatic carbocycles. The molecule has 2 aliphatic rings. The zero-order chi connectivity index (χ0) is 19.5. The van der Waals surface area contributed by atoms with Crippen molar-refractivity contribution in [3.63, 3.8) is 0 Å². The van der Waals surface area contributed by atoms with E-state index < -0.39 is 0 Å². The number of hydrogen-bond acceptors (Lipinski definition) is 4. The monoisotopic (exact) mass is 373 g/mol. The van der Waals surface area contributed by atoms with Crippen molar-refractivity contribution in [2.24, 2.45) is 17.1 Å². The Morgan fingerprint density at radius 3 is 2.30 bits per heavy atom. The molecule has 1 aromatic rings. The number of carbonyl (C=O) groups is 1. The third kappa shape index (κ3) is 4.31. The summed E-state index contributed by atoms with van der Waals surface area (Å²) in [5.74, 6) is 1.43. The van der Waals surface area contributed by atoms with E-state index in [2.05, 4.69) is 38.1 Å². The number of benzene rings is 1. The van der Waals surface area contributed by atoms with Gasteiger partial charge in [-0.1, -0.05) is 32.4 Å². The molecule has 0 aromatic heterocycles. The van der Waals surface area contributed by atoms with E-state index in [1.807, 2.05) is 6.92 Å². The average Bonchev–Trinajstić information content (AvgIpc) is 3.36. The van der Waals surface area contributed by atoms with Gasteiger partial charge in [-0.3, -0.25) is 4.79 Å². The number of hydrogen-bond donors (Lipinski definition) is 1. The van der Waals surface area contributed by atoms with Gasteiger partial charge in [0.25, 0.3) is 0 Å². The van der Waals surface area contributed by atoms with E-state index in [9.17, 15) is 4.79 Å². The molecule has 0 saturated heterocycles. The lowest BCUT2D eigenvalue weighted by atomic mass is 9.59. The summed E-state index contributed by atoms with van der Waals surface area (Å²) in [5.41, 5.74) is 7.81. The van der Waals surface area contributed by atoms with Crippen LogP contribution in [0.2, 0.25) is 0 Å². The van der Waals surface area contributed by atoms with Crippen LogP contribution in [0.5, 0.6) is 5.75 Å². The number of carbonyl (C=O) groups excluding carboxylic acids is 1. The number of rotatable bonds is 10. The highest BCUT2D eigenvalue weighted by atomic mass is 16.5. The van der Waals surface area contributed by atoms with Crippen LogP contribution in [0.15, 0.2) is 24.3 Å². The van der Waals surface area contributed by atoms with Crippen LogP contribution >= 0.6 is 0 Å². The number of ether oxygens (including phenoxy) is 2. The molecule has 0 heterocycles. The van der Waals surface area contributed by atoms with Crippen LogP contribution in [0, 0.1) is 11.3 Å². The SMILES string of the molecule is CCOC(=O)C1(CCOc2ccc(C3(C(N)CC(C)C)CCC3)cc2)CC1. The Hall–Kier alpha value is -1.55. The molecule has 4 nitrogen and oxygen atoms in total. The summed E-state index contributed by atoms with van der Waals surface area (Å²) in [7, 11) is 0. The van der Waals surface area contributed by atoms with E-state index in [0.717, 1.165) is 31.4 Å². The maximum absolute atomic E-state index is 12.0. The molecule has 1 unspecified atom stereocenters. The van der Waals surface area contributed by atoms with Crippen molar-refractivity contribution >= 4 is 5.97 Å². The molecule has 2 fully saturated rings. The van der Waals surface area contributed by atoms with Crippen molar-refractivity contribution in [1.29, 1.82) is 0 Å². The van der Waals surface area contributed by atoms with Crippen molar-refractivity contribution in [2.75, 3.05) is 13.2 Å². The van der Waals surface area contributed by atoms with Crippen LogP contribution in [0.25, 0.3) is 0 Å². The normalized spacial score (nSPS) is 20.6. The lowest BCUT2D eigenvalue weighted by Crippen LogP contribution is -2.50. The van der Waals surface area contributed by atoms with E-state index in [-0.39, 0.29) is 22.8 Å².